The van der Waals surface area contributed by atoms with Crippen molar-refractivity contribution >= 4 is 22.6 Å². The molecule has 20 heavy (non-hydrogen) atoms. The van der Waals surface area contributed by atoms with E-state index in [4.69, 9.17) is 21.3 Å². The monoisotopic (exact) mass is 292 g/mol. The van der Waals surface area contributed by atoms with Crippen molar-refractivity contribution < 1.29 is 4.74 Å². The first kappa shape index (κ1) is 13.7. The third-order valence-electron chi connectivity index (χ3n) is 4.45. The Labute approximate surface area is 124 Å². The molecule has 0 unspecified atom stereocenters. The normalized spacial score (nSPS) is 17.1. The zero-order valence-electron chi connectivity index (χ0n) is 12.2. The average Bonchev–Trinajstić information content (AvgIpc) is 2.74. The van der Waals surface area contributed by atoms with Crippen LogP contribution in [-0.2, 0) is 13.0 Å². The predicted octanol–water partition coefficient (Wildman–Crippen LogP) is 4.02. The van der Waals surface area contributed by atoms with Crippen LogP contribution in [0, 0.1) is 5.41 Å². The molecule has 108 valence electrons. The minimum atomic E-state index is 0.414. The summed E-state index contributed by atoms with van der Waals surface area (Å²) in [5, 5.41) is 0. The quantitative estimate of drug-likeness (QED) is 0.778. The second kappa shape index (κ2) is 5.28. The zero-order valence-corrected chi connectivity index (χ0v) is 12.9. The summed E-state index contributed by atoms with van der Waals surface area (Å²) >= 11 is 5.94. The van der Waals surface area contributed by atoms with E-state index in [9.17, 15) is 0 Å². The van der Waals surface area contributed by atoms with Crippen molar-refractivity contribution in [2.24, 2.45) is 5.41 Å². The highest BCUT2D eigenvalue weighted by Gasteiger charge is 2.33. The summed E-state index contributed by atoms with van der Waals surface area (Å²) in [5.41, 5.74) is 2.61. The molecule has 1 heterocycles. The number of rotatable bonds is 5. The third-order valence-corrected chi connectivity index (χ3v) is 4.64. The standard InChI is InChI=1S/C16H21ClN2O/c1-16(7-3-8-16)11-19-14-10-12(20-2)4-5-13(14)18-15(19)6-9-17/h4-5,10H,3,6-9,11H2,1-2H3. The minimum Gasteiger partial charge on any atom is -0.497 e. The van der Waals surface area contributed by atoms with Gasteiger partial charge < -0.3 is 9.30 Å². The molecule has 4 heteroatoms. The summed E-state index contributed by atoms with van der Waals surface area (Å²) in [4.78, 5) is 4.74. The first-order valence-electron chi connectivity index (χ1n) is 7.24. The van der Waals surface area contributed by atoms with Gasteiger partial charge in [0.2, 0.25) is 0 Å². The highest BCUT2D eigenvalue weighted by Crippen LogP contribution is 2.42. The minimum absolute atomic E-state index is 0.414. The van der Waals surface area contributed by atoms with Crippen molar-refractivity contribution in [3.05, 3.63) is 24.0 Å². The number of ether oxygens (including phenoxy) is 1. The molecule has 0 saturated heterocycles. The van der Waals surface area contributed by atoms with Crippen molar-refractivity contribution in [1.29, 1.82) is 0 Å². The van der Waals surface area contributed by atoms with Crippen LogP contribution in [0.1, 0.15) is 32.0 Å². The molecule has 1 fully saturated rings. The average molecular weight is 293 g/mol. The number of nitrogens with zero attached hydrogens (tertiary/aromatic N) is 2. The van der Waals surface area contributed by atoms with Gasteiger partial charge in [0.05, 0.1) is 18.1 Å². The van der Waals surface area contributed by atoms with E-state index >= 15 is 0 Å². The van der Waals surface area contributed by atoms with E-state index in [0.29, 0.717) is 11.3 Å². The van der Waals surface area contributed by atoms with Crippen LogP contribution in [0.5, 0.6) is 5.75 Å². The Morgan fingerprint density at radius 2 is 2.20 bits per heavy atom. The van der Waals surface area contributed by atoms with Gasteiger partial charge in [-0.25, -0.2) is 4.98 Å². The first-order valence-corrected chi connectivity index (χ1v) is 7.78. The van der Waals surface area contributed by atoms with Gasteiger partial charge in [-0.15, -0.1) is 11.6 Å². The van der Waals surface area contributed by atoms with Crippen molar-refractivity contribution in [2.75, 3.05) is 13.0 Å². The van der Waals surface area contributed by atoms with E-state index in [2.05, 4.69) is 17.6 Å². The highest BCUT2D eigenvalue weighted by atomic mass is 35.5. The summed E-state index contributed by atoms with van der Waals surface area (Å²) in [5.74, 6) is 2.59. The Kier molecular flexibility index (Phi) is 3.63. The molecule has 2 aromatic rings. The number of benzene rings is 1. The molecule has 1 aromatic carbocycles. The maximum absolute atomic E-state index is 5.94. The van der Waals surface area contributed by atoms with Crippen LogP contribution in [0.15, 0.2) is 18.2 Å². The molecule has 1 saturated carbocycles. The number of hydrogen-bond donors (Lipinski definition) is 0. The largest absolute Gasteiger partial charge is 0.497 e. The Balaban J connectivity index is 2.06. The lowest BCUT2D eigenvalue weighted by Gasteiger charge is -2.39. The predicted molar refractivity (Wildman–Crippen MR) is 82.7 cm³/mol. The van der Waals surface area contributed by atoms with E-state index in [1.54, 1.807) is 7.11 Å². The third kappa shape index (κ3) is 2.39. The molecule has 0 radical (unpaired) electrons. The lowest BCUT2D eigenvalue weighted by molar-refractivity contribution is 0.132. The number of hydrogen-bond acceptors (Lipinski definition) is 2. The summed E-state index contributed by atoms with van der Waals surface area (Å²) in [6.07, 6.45) is 4.76. The van der Waals surface area contributed by atoms with E-state index in [1.807, 2.05) is 12.1 Å². The van der Waals surface area contributed by atoms with Crippen molar-refractivity contribution in [2.45, 2.75) is 39.2 Å². The van der Waals surface area contributed by atoms with E-state index in [0.717, 1.165) is 35.6 Å². The molecule has 1 aliphatic rings. The van der Waals surface area contributed by atoms with Crippen molar-refractivity contribution in [1.82, 2.24) is 9.55 Å². The number of halogens is 1. The lowest BCUT2D eigenvalue weighted by atomic mass is 9.70. The topological polar surface area (TPSA) is 27.1 Å². The summed E-state index contributed by atoms with van der Waals surface area (Å²) < 4.78 is 7.70. The fourth-order valence-electron chi connectivity index (χ4n) is 3.05. The maximum atomic E-state index is 5.94. The van der Waals surface area contributed by atoms with Crippen LogP contribution in [0.2, 0.25) is 0 Å². The lowest BCUT2D eigenvalue weighted by Crippen LogP contribution is -2.31. The molecule has 0 amide bonds. The molecule has 1 aliphatic carbocycles. The zero-order chi connectivity index (χ0) is 14.2. The number of imidazole rings is 1. The van der Waals surface area contributed by atoms with Gasteiger partial charge in [-0.1, -0.05) is 13.3 Å². The molecule has 0 bridgehead atoms. The molecule has 0 spiro atoms. The summed E-state index contributed by atoms with van der Waals surface area (Å²) in [6.45, 7) is 3.40. The maximum Gasteiger partial charge on any atom is 0.121 e. The number of aromatic nitrogens is 2. The van der Waals surface area contributed by atoms with Crippen molar-refractivity contribution in [3.63, 3.8) is 0 Å². The number of aryl methyl sites for hydroxylation is 1. The SMILES string of the molecule is COc1ccc2nc(CCCl)n(CC3(C)CCC3)c2c1. The van der Waals surface area contributed by atoms with Gasteiger partial charge in [0.1, 0.15) is 11.6 Å². The van der Waals surface area contributed by atoms with Gasteiger partial charge in [0, 0.05) is 24.9 Å². The first-order chi connectivity index (χ1) is 9.65. The molecular weight excluding hydrogens is 272 g/mol. The fraction of sp³-hybridized carbons (Fsp3) is 0.562. The molecule has 0 atom stereocenters. The van der Waals surface area contributed by atoms with Crippen LogP contribution < -0.4 is 4.74 Å². The van der Waals surface area contributed by atoms with Crippen LogP contribution in [0.25, 0.3) is 11.0 Å². The molecule has 3 rings (SSSR count). The molecule has 0 aliphatic heterocycles. The number of fused-ring (bicyclic) bond motifs is 1. The second-order valence-electron chi connectivity index (χ2n) is 6.07. The van der Waals surface area contributed by atoms with Gasteiger partial charge in [0.15, 0.2) is 0 Å². The van der Waals surface area contributed by atoms with E-state index in [1.165, 1.54) is 19.3 Å². The van der Waals surface area contributed by atoms with Gasteiger partial charge in [0.25, 0.3) is 0 Å². The number of alkyl halides is 1. The smallest absolute Gasteiger partial charge is 0.121 e. The molecule has 1 aromatic heterocycles. The Hall–Kier alpha value is -1.22. The van der Waals surface area contributed by atoms with Gasteiger partial charge in [-0.2, -0.15) is 0 Å². The van der Waals surface area contributed by atoms with Crippen LogP contribution >= 0.6 is 11.6 Å². The number of methoxy groups -OCH3 is 1. The molecule has 3 nitrogen and oxygen atoms in total. The van der Waals surface area contributed by atoms with Crippen LogP contribution in [-0.4, -0.2) is 22.5 Å². The van der Waals surface area contributed by atoms with E-state index in [-0.39, 0.29) is 0 Å². The summed E-state index contributed by atoms with van der Waals surface area (Å²) in [6, 6.07) is 6.09. The molecular formula is C16H21ClN2O. The Bertz CT molecular complexity index is 616. The van der Waals surface area contributed by atoms with Gasteiger partial charge in [-0.3, -0.25) is 0 Å². The van der Waals surface area contributed by atoms with Crippen molar-refractivity contribution in [3.8, 4) is 5.75 Å². The van der Waals surface area contributed by atoms with Crippen LogP contribution in [0.3, 0.4) is 0 Å². The van der Waals surface area contributed by atoms with E-state index < -0.39 is 0 Å². The summed E-state index contributed by atoms with van der Waals surface area (Å²) in [7, 11) is 1.70. The molecule has 0 N–H and O–H groups in total. The van der Waals surface area contributed by atoms with Gasteiger partial charge >= 0.3 is 0 Å². The van der Waals surface area contributed by atoms with Crippen LogP contribution in [0.4, 0.5) is 0 Å². The highest BCUT2D eigenvalue weighted by molar-refractivity contribution is 6.17. The Morgan fingerprint density at radius 1 is 1.40 bits per heavy atom. The van der Waals surface area contributed by atoms with Gasteiger partial charge in [-0.05, 0) is 30.4 Å². The fourth-order valence-corrected chi connectivity index (χ4v) is 3.22. The second-order valence-corrected chi connectivity index (χ2v) is 6.45. The Morgan fingerprint density at radius 3 is 2.80 bits per heavy atom.